The van der Waals surface area contributed by atoms with Gasteiger partial charge in [0, 0.05) is 18.6 Å². The van der Waals surface area contributed by atoms with Crippen LogP contribution in [0.5, 0.6) is 0 Å². The van der Waals surface area contributed by atoms with Crippen molar-refractivity contribution < 1.29 is 49.5 Å². The molecule has 0 saturated carbocycles. The van der Waals surface area contributed by atoms with Crippen LogP contribution >= 0.6 is 0 Å². The fourth-order valence-electron chi connectivity index (χ4n) is 1.71. The van der Waals surface area contributed by atoms with E-state index in [-0.39, 0.29) is 0 Å². The molecule has 0 bridgehead atoms. The molecular weight excluding hydrogens is 377 g/mol. The summed E-state index contributed by atoms with van der Waals surface area (Å²) in [5.41, 5.74) is -1.17. The molecule has 142 valence electrons. The normalized spacial score (nSPS) is 15.1. The molecule has 0 aromatic heterocycles. The number of nitrogens with zero attached hydrogens (tertiary/aromatic N) is 1. The van der Waals surface area contributed by atoms with Crippen molar-refractivity contribution in [2.45, 2.75) is 36.5 Å². The Hall–Kier alpha value is -2.05. The van der Waals surface area contributed by atoms with Crippen LogP contribution in [0.4, 0.5) is 45.2 Å². The summed E-state index contributed by atoms with van der Waals surface area (Å²) in [4.78, 5) is 9.47. The second-order valence-corrected chi connectivity index (χ2v) is 4.92. The van der Waals surface area contributed by atoms with Crippen LogP contribution in [0.2, 0.25) is 0 Å². The summed E-state index contributed by atoms with van der Waals surface area (Å²) in [5.74, 6) is -19.8. The van der Waals surface area contributed by atoms with Gasteiger partial charge in [-0.15, -0.1) is 0 Å². The second kappa shape index (κ2) is 6.35. The molecule has 4 nitrogen and oxygen atoms in total. The molecule has 1 unspecified atom stereocenters. The summed E-state index contributed by atoms with van der Waals surface area (Å²) in [6.45, 7) is 0. The first kappa shape index (κ1) is 21.0. The third-order valence-electron chi connectivity index (χ3n) is 3.15. The highest BCUT2D eigenvalue weighted by Gasteiger charge is 2.81. The zero-order chi connectivity index (χ0) is 19.8. The van der Waals surface area contributed by atoms with Gasteiger partial charge >= 0.3 is 23.9 Å². The van der Waals surface area contributed by atoms with Crippen molar-refractivity contribution in [1.82, 2.24) is 0 Å². The molecule has 0 fully saturated rings. The zero-order valence-corrected chi connectivity index (χ0v) is 11.7. The van der Waals surface area contributed by atoms with Crippen LogP contribution in [0.3, 0.4) is 0 Å². The molecule has 0 spiro atoms. The Balaban J connectivity index is 3.08. The van der Waals surface area contributed by atoms with Crippen molar-refractivity contribution in [2.75, 3.05) is 0 Å². The standard InChI is InChI=1S/C12H8F9NO3/c13-9(14,10(15,16)11(17,18)12(19,20)21)5-8(23)6-1-3-7(4-2-6)22(24)25/h1-4,8,23H,5H2. The molecule has 1 N–H and O–H groups in total. The first-order valence-electron chi connectivity index (χ1n) is 6.17. The lowest BCUT2D eigenvalue weighted by molar-refractivity contribution is -0.398. The minimum Gasteiger partial charge on any atom is -0.388 e. The van der Waals surface area contributed by atoms with E-state index in [4.69, 9.17) is 0 Å². The van der Waals surface area contributed by atoms with Crippen molar-refractivity contribution in [3.05, 3.63) is 39.9 Å². The average Bonchev–Trinajstić information content (AvgIpc) is 2.45. The molecule has 1 atom stereocenters. The van der Waals surface area contributed by atoms with Gasteiger partial charge in [0.05, 0.1) is 11.0 Å². The predicted octanol–water partition coefficient (Wildman–Crippen LogP) is 4.49. The van der Waals surface area contributed by atoms with Crippen LogP contribution in [-0.2, 0) is 0 Å². The van der Waals surface area contributed by atoms with Crippen LogP contribution in [0.15, 0.2) is 24.3 Å². The van der Waals surface area contributed by atoms with Gasteiger partial charge in [0.2, 0.25) is 0 Å². The smallest absolute Gasteiger partial charge is 0.388 e. The zero-order valence-electron chi connectivity index (χ0n) is 11.7. The van der Waals surface area contributed by atoms with E-state index in [1.165, 1.54) is 0 Å². The molecule has 0 aliphatic carbocycles. The van der Waals surface area contributed by atoms with Crippen LogP contribution in [0, 0.1) is 10.1 Å². The third kappa shape index (κ3) is 3.80. The third-order valence-corrected chi connectivity index (χ3v) is 3.15. The molecular formula is C12H8F9NO3. The molecule has 0 radical (unpaired) electrons. The van der Waals surface area contributed by atoms with Crippen molar-refractivity contribution >= 4 is 5.69 Å². The minimum atomic E-state index is -7.04. The number of aliphatic hydroxyl groups is 1. The van der Waals surface area contributed by atoms with E-state index in [2.05, 4.69) is 0 Å². The van der Waals surface area contributed by atoms with E-state index in [1.54, 1.807) is 0 Å². The predicted molar refractivity (Wildman–Crippen MR) is 63.6 cm³/mol. The minimum absolute atomic E-state index is 0.559. The molecule has 0 aliphatic rings. The van der Waals surface area contributed by atoms with Gasteiger partial charge in [0.1, 0.15) is 0 Å². The fraction of sp³-hybridized carbons (Fsp3) is 0.500. The molecule has 0 amide bonds. The molecule has 1 aromatic carbocycles. The van der Waals surface area contributed by atoms with Crippen molar-refractivity contribution in [2.24, 2.45) is 0 Å². The van der Waals surface area contributed by atoms with Gasteiger partial charge in [0.25, 0.3) is 5.69 Å². The Morgan fingerprint density at radius 2 is 1.36 bits per heavy atom. The Morgan fingerprint density at radius 1 is 0.920 bits per heavy atom. The van der Waals surface area contributed by atoms with Gasteiger partial charge in [0.15, 0.2) is 0 Å². The van der Waals surface area contributed by atoms with Gasteiger partial charge in [-0.25, -0.2) is 0 Å². The summed E-state index contributed by atoms with van der Waals surface area (Å²) in [6.07, 6.45) is -12.0. The van der Waals surface area contributed by atoms with Gasteiger partial charge in [-0.05, 0) is 17.7 Å². The maximum absolute atomic E-state index is 13.4. The largest absolute Gasteiger partial charge is 0.460 e. The lowest BCUT2D eigenvalue weighted by Crippen LogP contribution is -2.61. The van der Waals surface area contributed by atoms with E-state index >= 15 is 0 Å². The highest BCUT2D eigenvalue weighted by molar-refractivity contribution is 5.33. The Labute approximate surface area is 133 Å². The van der Waals surface area contributed by atoms with E-state index in [9.17, 15) is 54.7 Å². The summed E-state index contributed by atoms with van der Waals surface area (Å²) >= 11 is 0. The number of aliphatic hydroxyl groups excluding tert-OH is 1. The number of hydrogen-bond donors (Lipinski definition) is 1. The molecule has 25 heavy (non-hydrogen) atoms. The number of benzene rings is 1. The summed E-state index contributed by atoms with van der Waals surface area (Å²) in [5, 5.41) is 19.8. The summed E-state index contributed by atoms with van der Waals surface area (Å²) < 4.78 is 114. The number of non-ortho nitro benzene ring substituents is 1. The summed E-state index contributed by atoms with van der Waals surface area (Å²) in [7, 11) is 0. The van der Waals surface area contributed by atoms with E-state index in [0.717, 1.165) is 0 Å². The highest BCUT2D eigenvalue weighted by Crippen LogP contribution is 2.55. The van der Waals surface area contributed by atoms with Crippen molar-refractivity contribution in [1.29, 1.82) is 0 Å². The first-order valence-corrected chi connectivity index (χ1v) is 6.17. The molecule has 1 aromatic rings. The van der Waals surface area contributed by atoms with E-state index in [1.807, 2.05) is 0 Å². The number of nitro groups is 1. The monoisotopic (exact) mass is 385 g/mol. The first-order chi connectivity index (χ1) is 11.0. The van der Waals surface area contributed by atoms with E-state index in [0.29, 0.717) is 24.3 Å². The van der Waals surface area contributed by atoms with Gasteiger partial charge < -0.3 is 5.11 Å². The van der Waals surface area contributed by atoms with E-state index < -0.39 is 52.6 Å². The Kier molecular flexibility index (Phi) is 5.33. The Bertz CT molecular complexity index is 628. The molecule has 0 aliphatic heterocycles. The molecule has 0 heterocycles. The lowest BCUT2D eigenvalue weighted by atomic mass is 9.95. The quantitative estimate of drug-likeness (QED) is 0.446. The number of rotatable bonds is 6. The number of halogens is 9. The van der Waals surface area contributed by atoms with Crippen LogP contribution in [0.25, 0.3) is 0 Å². The second-order valence-electron chi connectivity index (χ2n) is 4.92. The summed E-state index contributed by atoms with van der Waals surface area (Å²) in [6, 6.07) is 2.72. The van der Waals surface area contributed by atoms with Gasteiger partial charge in [-0.2, -0.15) is 39.5 Å². The van der Waals surface area contributed by atoms with Gasteiger partial charge in [-0.1, -0.05) is 0 Å². The lowest BCUT2D eigenvalue weighted by Gasteiger charge is -2.34. The average molecular weight is 385 g/mol. The maximum Gasteiger partial charge on any atom is 0.460 e. The van der Waals surface area contributed by atoms with Crippen molar-refractivity contribution in [3.63, 3.8) is 0 Å². The SMILES string of the molecule is O=[N+]([O-])c1ccc(C(O)CC(F)(F)C(F)(F)C(F)(F)C(F)(F)F)cc1. The fourth-order valence-corrected chi connectivity index (χ4v) is 1.71. The number of hydrogen-bond acceptors (Lipinski definition) is 3. The topological polar surface area (TPSA) is 63.4 Å². The maximum atomic E-state index is 13.4. The number of alkyl halides is 9. The number of nitro benzene ring substituents is 1. The Morgan fingerprint density at radius 3 is 1.72 bits per heavy atom. The highest BCUT2D eigenvalue weighted by atomic mass is 19.4. The van der Waals surface area contributed by atoms with Crippen LogP contribution in [0.1, 0.15) is 18.1 Å². The van der Waals surface area contributed by atoms with Crippen LogP contribution < -0.4 is 0 Å². The van der Waals surface area contributed by atoms with Crippen LogP contribution in [-0.4, -0.2) is 34.0 Å². The molecule has 13 heteroatoms. The van der Waals surface area contributed by atoms with Crippen molar-refractivity contribution in [3.8, 4) is 0 Å². The molecule has 1 rings (SSSR count). The van der Waals surface area contributed by atoms with Gasteiger partial charge in [-0.3, -0.25) is 10.1 Å². The molecule has 0 saturated heterocycles.